The minimum atomic E-state index is -0.607. The second-order valence-electron chi connectivity index (χ2n) is 7.70. The summed E-state index contributed by atoms with van der Waals surface area (Å²) in [5.41, 5.74) is 3.67. The quantitative estimate of drug-likeness (QED) is 0.501. The van der Waals surface area contributed by atoms with E-state index in [2.05, 4.69) is 0 Å². The Hall–Kier alpha value is -3.18. The standard InChI is InChI=1S/C26H22F2O3/c27-18-9-11-20(23(28)14-18)22-16-30-24-15-19(31-25-8-4-5-13-29-25)10-12-21(24)26(22)17-6-2-1-3-7-17/h1-3,6-7,9-12,14-15,25H,4-5,8,13,16H2. The van der Waals surface area contributed by atoms with Crippen LogP contribution in [0.2, 0.25) is 0 Å². The summed E-state index contributed by atoms with van der Waals surface area (Å²) in [4.78, 5) is 0. The molecule has 0 aromatic heterocycles. The summed E-state index contributed by atoms with van der Waals surface area (Å²) in [6, 6.07) is 19.1. The number of hydrogen-bond acceptors (Lipinski definition) is 3. The number of ether oxygens (including phenoxy) is 3. The van der Waals surface area contributed by atoms with Crippen molar-refractivity contribution in [2.75, 3.05) is 13.2 Å². The van der Waals surface area contributed by atoms with Crippen molar-refractivity contribution in [3.8, 4) is 11.5 Å². The van der Waals surface area contributed by atoms with Crippen LogP contribution in [0.1, 0.15) is 36.0 Å². The minimum absolute atomic E-state index is 0.170. The van der Waals surface area contributed by atoms with Gasteiger partial charge in [-0.25, -0.2) is 8.78 Å². The lowest BCUT2D eigenvalue weighted by Gasteiger charge is -2.27. The van der Waals surface area contributed by atoms with Gasteiger partial charge >= 0.3 is 0 Å². The van der Waals surface area contributed by atoms with E-state index in [4.69, 9.17) is 14.2 Å². The zero-order chi connectivity index (χ0) is 21.2. The van der Waals surface area contributed by atoms with Gasteiger partial charge in [0.1, 0.15) is 29.7 Å². The van der Waals surface area contributed by atoms with Crippen molar-refractivity contribution in [2.24, 2.45) is 0 Å². The monoisotopic (exact) mass is 420 g/mol. The van der Waals surface area contributed by atoms with Crippen molar-refractivity contribution in [2.45, 2.75) is 25.6 Å². The Kier molecular flexibility index (Phi) is 5.43. The Morgan fingerprint density at radius 1 is 0.871 bits per heavy atom. The summed E-state index contributed by atoms with van der Waals surface area (Å²) in [5, 5.41) is 0. The van der Waals surface area contributed by atoms with E-state index in [0.29, 0.717) is 29.2 Å². The molecule has 0 saturated carbocycles. The van der Waals surface area contributed by atoms with Crippen molar-refractivity contribution in [1.82, 2.24) is 0 Å². The third kappa shape index (κ3) is 4.06. The van der Waals surface area contributed by atoms with E-state index < -0.39 is 11.6 Å². The first-order valence-corrected chi connectivity index (χ1v) is 10.5. The van der Waals surface area contributed by atoms with Gasteiger partial charge in [-0.15, -0.1) is 0 Å². The first-order chi connectivity index (χ1) is 15.2. The van der Waals surface area contributed by atoms with Crippen LogP contribution in [0.15, 0.2) is 66.7 Å². The Labute approximate surface area is 179 Å². The number of benzene rings is 3. The zero-order valence-electron chi connectivity index (χ0n) is 16.9. The van der Waals surface area contributed by atoms with E-state index in [0.717, 1.165) is 42.0 Å². The Morgan fingerprint density at radius 3 is 2.48 bits per heavy atom. The van der Waals surface area contributed by atoms with Gasteiger partial charge in [0.25, 0.3) is 0 Å². The van der Waals surface area contributed by atoms with Crippen LogP contribution < -0.4 is 9.47 Å². The van der Waals surface area contributed by atoms with Crippen LogP contribution in [-0.2, 0) is 4.74 Å². The summed E-state index contributed by atoms with van der Waals surface area (Å²) >= 11 is 0. The SMILES string of the molecule is Fc1ccc(C2=C(c3ccccc3)c3ccc(OC4CCCCO4)cc3OC2)c(F)c1. The van der Waals surface area contributed by atoms with E-state index in [1.54, 1.807) is 0 Å². The molecule has 5 heteroatoms. The van der Waals surface area contributed by atoms with E-state index in [1.165, 1.54) is 12.1 Å². The van der Waals surface area contributed by atoms with Crippen LogP contribution in [0.4, 0.5) is 8.78 Å². The number of halogens is 2. The van der Waals surface area contributed by atoms with E-state index >= 15 is 0 Å². The van der Waals surface area contributed by atoms with E-state index in [1.807, 2.05) is 48.5 Å². The lowest BCUT2D eigenvalue weighted by molar-refractivity contribution is -0.105. The molecule has 158 valence electrons. The maximum atomic E-state index is 14.7. The van der Waals surface area contributed by atoms with Crippen LogP contribution in [0.3, 0.4) is 0 Å². The van der Waals surface area contributed by atoms with E-state index in [-0.39, 0.29) is 12.9 Å². The molecule has 0 radical (unpaired) electrons. The fourth-order valence-electron chi connectivity index (χ4n) is 4.12. The smallest absolute Gasteiger partial charge is 0.199 e. The molecule has 0 aliphatic carbocycles. The number of hydrogen-bond donors (Lipinski definition) is 0. The second kappa shape index (κ2) is 8.52. The maximum Gasteiger partial charge on any atom is 0.199 e. The van der Waals surface area contributed by atoms with Gasteiger partial charge < -0.3 is 14.2 Å². The lowest BCUT2D eigenvalue weighted by Crippen LogP contribution is -2.25. The van der Waals surface area contributed by atoms with Gasteiger partial charge in [-0.1, -0.05) is 30.3 Å². The molecule has 3 nitrogen and oxygen atoms in total. The highest BCUT2D eigenvalue weighted by Crippen LogP contribution is 2.43. The fraction of sp³-hybridized carbons (Fsp3) is 0.231. The molecule has 5 rings (SSSR count). The molecule has 3 aromatic carbocycles. The van der Waals surface area contributed by atoms with Crippen LogP contribution in [0.5, 0.6) is 11.5 Å². The molecule has 0 N–H and O–H groups in total. The summed E-state index contributed by atoms with van der Waals surface area (Å²) in [7, 11) is 0. The normalized spacial score (nSPS) is 18.3. The molecule has 1 fully saturated rings. The highest BCUT2D eigenvalue weighted by Gasteiger charge is 2.25. The lowest BCUT2D eigenvalue weighted by atomic mass is 9.87. The predicted molar refractivity (Wildman–Crippen MR) is 115 cm³/mol. The van der Waals surface area contributed by atoms with Gasteiger partial charge in [-0.2, -0.15) is 0 Å². The minimum Gasteiger partial charge on any atom is -0.488 e. The summed E-state index contributed by atoms with van der Waals surface area (Å²) in [5.74, 6) is 0.129. The molecule has 0 amide bonds. The number of fused-ring (bicyclic) bond motifs is 1. The molecule has 1 unspecified atom stereocenters. The third-order valence-corrected chi connectivity index (χ3v) is 5.62. The predicted octanol–water partition coefficient (Wildman–Crippen LogP) is 6.22. The highest BCUT2D eigenvalue weighted by atomic mass is 19.1. The molecular formula is C26H22F2O3. The van der Waals surface area contributed by atoms with Crippen LogP contribution in [0.25, 0.3) is 11.1 Å². The van der Waals surface area contributed by atoms with Crippen LogP contribution in [-0.4, -0.2) is 19.5 Å². The van der Waals surface area contributed by atoms with E-state index in [9.17, 15) is 8.78 Å². The Morgan fingerprint density at radius 2 is 1.71 bits per heavy atom. The van der Waals surface area contributed by atoms with Gasteiger partial charge in [-0.05, 0) is 48.2 Å². The largest absolute Gasteiger partial charge is 0.488 e. The molecule has 1 saturated heterocycles. The van der Waals surface area contributed by atoms with Crippen molar-refractivity contribution < 1.29 is 23.0 Å². The Balaban J connectivity index is 1.58. The molecule has 2 aliphatic rings. The third-order valence-electron chi connectivity index (χ3n) is 5.62. The number of rotatable bonds is 4. The molecule has 3 aromatic rings. The summed E-state index contributed by atoms with van der Waals surface area (Å²) in [6.45, 7) is 0.878. The van der Waals surface area contributed by atoms with Crippen LogP contribution >= 0.6 is 0 Å². The average molecular weight is 420 g/mol. The molecule has 0 bridgehead atoms. The van der Waals surface area contributed by atoms with Crippen molar-refractivity contribution >= 4 is 11.1 Å². The first kappa shape index (κ1) is 19.8. The highest BCUT2D eigenvalue weighted by molar-refractivity contribution is 6.01. The molecule has 1 atom stereocenters. The average Bonchev–Trinajstić information content (AvgIpc) is 2.80. The topological polar surface area (TPSA) is 27.7 Å². The van der Waals surface area contributed by atoms with Gasteiger partial charge in [0.2, 0.25) is 0 Å². The van der Waals surface area contributed by atoms with Crippen LogP contribution in [0, 0.1) is 11.6 Å². The van der Waals surface area contributed by atoms with Gasteiger partial charge in [0, 0.05) is 35.3 Å². The van der Waals surface area contributed by atoms with Crippen molar-refractivity contribution in [1.29, 1.82) is 0 Å². The Bertz CT molecular complexity index is 1120. The summed E-state index contributed by atoms with van der Waals surface area (Å²) in [6.07, 6.45) is 2.75. The molecular weight excluding hydrogens is 398 g/mol. The van der Waals surface area contributed by atoms with Crippen molar-refractivity contribution in [3.63, 3.8) is 0 Å². The van der Waals surface area contributed by atoms with Gasteiger partial charge in [0.05, 0.1) is 6.61 Å². The molecule has 2 aliphatic heterocycles. The zero-order valence-corrected chi connectivity index (χ0v) is 16.9. The fourth-order valence-corrected chi connectivity index (χ4v) is 4.12. The molecule has 31 heavy (non-hydrogen) atoms. The van der Waals surface area contributed by atoms with Gasteiger partial charge in [-0.3, -0.25) is 0 Å². The molecule has 2 heterocycles. The first-order valence-electron chi connectivity index (χ1n) is 10.5. The summed E-state index contributed by atoms with van der Waals surface area (Å²) < 4.78 is 45.8. The second-order valence-corrected chi connectivity index (χ2v) is 7.70. The van der Waals surface area contributed by atoms with Crippen molar-refractivity contribution in [3.05, 3.63) is 95.1 Å². The maximum absolute atomic E-state index is 14.7. The van der Waals surface area contributed by atoms with Gasteiger partial charge in [0.15, 0.2) is 6.29 Å². The molecule has 0 spiro atoms.